The maximum atomic E-state index is 8.98. The lowest BCUT2D eigenvalue weighted by Crippen LogP contribution is -2.46. The fourth-order valence-corrected chi connectivity index (χ4v) is 3.21. The number of allylic oxidation sites excluding steroid dienone is 1. The fraction of sp³-hybridized carbons (Fsp3) is 0.800. The fourth-order valence-electron chi connectivity index (χ4n) is 3.21. The summed E-state index contributed by atoms with van der Waals surface area (Å²) in [7, 11) is 2.23. The third kappa shape index (κ3) is 3.13. The van der Waals surface area contributed by atoms with Crippen LogP contribution in [0.15, 0.2) is 11.6 Å². The van der Waals surface area contributed by atoms with E-state index in [0.29, 0.717) is 5.41 Å². The third-order valence-electron chi connectivity index (χ3n) is 4.85. The Morgan fingerprint density at radius 1 is 1.17 bits per heavy atom. The number of hydrogen-bond acceptors (Lipinski definition) is 3. The minimum absolute atomic E-state index is 0.617. The Kier molecular flexibility index (Phi) is 4.42. The standard InChI is InChI=1S/C15H25N3/c1-3-14(12-16)13-18-10-6-15(7-11-18)4-8-17(2)9-5-15/h3H,4-11,13H2,1-2H3/b14-3+. The Hall–Kier alpha value is -0.850. The molecule has 3 nitrogen and oxygen atoms in total. The molecule has 0 saturated carbocycles. The number of rotatable bonds is 2. The maximum Gasteiger partial charge on any atom is 0.0957 e. The van der Waals surface area contributed by atoms with Gasteiger partial charge in [0.1, 0.15) is 0 Å². The van der Waals surface area contributed by atoms with Gasteiger partial charge in [0, 0.05) is 12.1 Å². The average molecular weight is 247 g/mol. The van der Waals surface area contributed by atoms with E-state index in [4.69, 9.17) is 5.26 Å². The van der Waals surface area contributed by atoms with Crippen molar-refractivity contribution in [3.63, 3.8) is 0 Å². The molecule has 2 fully saturated rings. The number of nitriles is 1. The molecule has 2 heterocycles. The summed E-state index contributed by atoms with van der Waals surface area (Å²) in [5.41, 5.74) is 1.53. The molecule has 18 heavy (non-hydrogen) atoms. The van der Waals surface area contributed by atoms with Crippen molar-refractivity contribution >= 4 is 0 Å². The van der Waals surface area contributed by atoms with Crippen molar-refractivity contribution in [1.29, 1.82) is 5.26 Å². The van der Waals surface area contributed by atoms with Crippen molar-refractivity contribution in [2.45, 2.75) is 32.6 Å². The van der Waals surface area contributed by atoms with Crippen LogP contribution in [0, 0.1) is 16.7 Å². The lowest BCUT2D eigenvalue weighted by molar-refractivity contribution is 0.0464. The molecule has 0 amide bonds. The molecular formula is C15H25N3. The predicted molar refractivity (Wildman–Crippen MR) is 74.2 cm³/mol. The summed E-state index contributed by atoms with van der Waals surface area (Å²) in [5, 5.41) is 8.98. The van der Waals surface area contributed by atoms with Gasteiger partial charge < -0.3 is 4.90 Å². The summed E-state index contributed by atoms with van der Waals surface area (Å²) in [6.45, 7) is 7.67. The number of hydrogen-bond donors (Lipinski definition) is 0. The van der Waals surface area contributed by atoms with Crippen molar-refractivity contribution in [3.05, 3.63) is 11.6 Å². The van der Waals surface area contributed by atoms with Gasteiger partial charge in [-0.1, -0.05) is 6.08 Å². The highest BCUT2D eigenvalue weighted by Gasteiger charge is 2.36. The zero-order valence-electron chi connectivity index (χ0n) is 11.8. The first kappa shape index (κ1) is 13.6. The van der Waals surface area contributed by atoms with Gasteiger partial charge >= 0.3 is 0 Å². The highest BCUT2D eigenvalue weighted by atomic mass is 15.1. The van der Waals surface area contributed by atoms with Crippen LogP contribution in [0.2, 0.25) is 0 Å². The van der Waals surface area contributed by atoms with Gasteiger partial charge in [0.15, 0.2) is 0 Å². The predicted octanol–water partition coefficient (Wildman–Crippen LogP) is 2.26. The van der Waals surface area contributed by atoms with E-state index >= 15 is 0 Å². The summed E-state index contributed by atoms with van der Waals surface area (Å²) in [6.07, 6.45) is 7.32. The van der Waals surface area contributed by atoms with Crippen LogP contribution in [-0.2, 0) is 0 Å². The zero-order valence-corrected chi connectivity index (χ0v) is 11.8. The summed E-state index contributed by atoms with van der Waals surface area (Å²) >= 11 is 0. The molecule has 0 bridgehead atoms. The van der Waals surface area contributed by atoms with Crippen LogP contribution in [-0.4, -0.2) is 49.6 Å². The van der Waals surface area contributed by atoms with Gasteiger partial charge in [-0.15, -0.1) is 0 Å². The smallest absolute Gasteiger partial charge is 0.0957 e. The van der Waals surface area contributed by atoms with E-state index in [1.165, 1.54) is 51.9 Å². The molecule has 100 valence electrons. The summed E-state index contributed by atoms with van der Waals surface area (Å²) < 4.78 is 0. The van der Waals surface area contributed by atoms with Gasteiger partial charge in [0.05, 0.1) is 6.07 Å². The van der Waals surface area contributed by atoms with Crippen LogP contribution in [0.25, 0.3) is 0 Å². The zero-order chi connectivity index (χ0) is 13.0. The molecule has 2 aliphatic heterocycles. The normalized spacial score (nSPS) is 26.2. The molecule has 0 radical (unpaired) electrons. The van der Waals surface area contributed by atoms with Crippen LogP contribution in [0.1, 0.15) is 32.6 Å². The Bertz CT molecular complexity index is 335. The first-order chi connectivity index (χ1) is 8.67. The highest BCUT2D eigenvalue weighted by molar-refractivity contribution is 5.21. The summed E-state index contributed by atoms with van der Waals surface area (Å²) in [5.74, 6) is 0. The van der Waals surface area contributed by atoms with E-state index in [1.54, 1.807) is 0 Å². The molecule has 2 saturated heterocycles. The first-order valence-corrected chi connectivity index (χ1v) is 7.14. The molecule has 0 aromatic rings. The second-order valence-corrected chi connectivity index (χ2v) is 6.01. The Labute approximate surface area is 111 Å². The Balaban J connectivity index is 1.83. The lowest BCUT2D eigenvalue weighted by Gasteiger charge is -2.46. The molecule has 2 aliphatic rings. The SMILES string of the molecule is C/C=C(\C#N)CN1CCC2(CCN(C)CC2)CC1. The minimum Gasteiger partial charge on any atom is -0.306 e. The molecular weight excluding hydrogens is 222 g/mol. The van der Waals surface area contributed by atoms with Gasteiger partial charge in [0.25, 0.3) is 0 Å². The van der Waals surface area contributed by atoms with Crippen LogP contribution in [0.4, 0.5) is 0 Å². The quantitative estimate of drug-likeness (QED) is 0.701. The van der Waals surface area contributed by atoms with Gasteiger partial charge in [-0.05, 0) is 71.2 Å². The van der Waals surface area contributed by atoms with Crippen molar-refractivity contribution in [2.75, 3.05) is 39.8 Å². The van der Waals surface area contributed by atoms with Gasteiger partial charge in [-0.2, -0.15) is 5.26 Å². The van der Waals surface area contributed by atoms with Crippen LogP contribution in [0.3, 0.4) is 0 Å². The topological polar surface area (TPSA) is 30.3 Å². The molecule has 0 atom stereocenters. The van der Waals surface area contributed by atoms with Crippen LogP contribution >= 0.6 is 0 Å². The third-order valence-corrected chi connectivity index (χ3v) is 4.85. The first-order valence-electron chi connectivity index (χ1n) is 7.14. The highest BCUT2D eigenvalue weighted by Crippen LogP contribution is 2.40. The second kappa shape index (κ2) is 5.86. The maximum absolute atomic E-state index is 8.98. The van der Waals surface area contributed by atoms with Crippen molar-refractivity contribution in [1.82, 2.24) is 9.80 Å². The molecule has 2 rings (SSSR count). The lowest BCUT2D eigenvalue weighted by atomic mass is 9.71. The molecule has 3 heteroatoms. The van der Waals surface area contributed by atoms with Crippen molar-refractivity contribution in [3.8, 4) is 6.07 Å². The molecule has 1 spiro atoms. The van der Waals surface area contributed by atoms with Crippen LogP contribution < -0.4 is 0 Å². The van der Waals surface area contributed by atoms with E-state index in [2.05, 4.69) is 22.9 Å². The van der Waals surface area contributed by atoms with Crippen LogP contribution in [0.5, 0.6) is 0 Å². The second-order valence-electron chi connectivity index (χ2n) is 6.01. The van der Waals surface area contributed by atoms with E-state index in [-0.39, 0.29) is 0 Å². The number of likely N-dealkylation sites (tertiary alicyclic amines) is 2. The molecule has 0 unspecified atom stereocenters. The van der Waals surface area contributed by atoms with E-state index in [0.717, 1.165) is 12.1 Å². The molecule has 0 N–H and O–H groups in total. The van der Waals surface area contributed by atoms with Crippen molar-refractivity contribution in [2.24, 2.45) is 5.41 Å². The Morgan fingerprint density at radius 3 is 2.22 bits per heavy atom. The van der Waals surface area contributed by atoms with Gasteiger partial charge in [-0.25, -0.2) is 0 Å². The molecule has 0 aliphatic carbocycles. The minimum atomic E-state index is 0.617. The van der Waals surface area contributed by atoms with E-state index < -0.39 is 0 Å². The monoisotopic (exact) mass is 247 g/mol. The average Bonchev–Trinajstić information content (AvgIpc) is 2.42. The van der Waals surface area contributed by atoms with E-state index in [1.807, 2.05) is 13.0 Å². The summed E-state index contributed by atoms with van der Waals surface area (Å²) in [6, 6.07) is 2.29. The van der Waals surface area contributed by atoms with E-state index in [9.17, 15) is 0 Å². The largest absolute Gasteiger partial charge is 0.306 e. The van der Waals surface area contributed by atoms with Gasteiger partial charge in [0.2, 0.25) is 0 Å². The number of piperidine rings is 2. The Morgan fingerprint density at radius 2 is 1.72 bits per heavy atom. The van der Waals surface area contributed by atoms with Gasteiger partial charge in [-0.3, -0.25) is 4.90 Å². The molecule has 0 aromatic carbocycles. The van der Waals surface area contributed by atoms with Crippen molar-refractivity contribution < 1.29 is 0 Å². The molecule has 0 aromatic heterocycles. The number of nitrogens with zero attached hydrogens (tertiary/aromatic N) is 3. The summed E-state index contributed by atoms with van der Waals surface area (Å²) in [4.78, 5) is 4.90.